The van der Waals surface area contributed by atoms with Crippen LogP contribution in [0.1, 0.15) is 58.8 Å². The van der Waals surface area contributed by atoms with E-state index in [-0.39, 0.29) is 0 Å². The molecule has 0 aromatic rings. The molecule has 4 fully saturated rings. The van der Waals surface area contributed by atoms with E-state index in [1.807, 2.05) is 0 Å². The minimum Gasteiger partial charge on any atom is -0.388 e. The summed E-state index contributed by atoms with van der Waals surface area (Å²) in [6.45, 7) is 12.6. The molecule has 1 heterocycles. The lowest BCUT2D eigenvalue weighted by Crippen LogP contribution is -2.50. The molecule has 1 aliphatic heterocycles. The summed E-state index contributed by atoms with van der Waals surface area (Å²) < 4.78 is 25.3. The van der Waals surface area contributed by atoms with Crippen LogP contribution in [-0.4, -0.2) is 79.0 Å². The number of hydrogen-bond acceptors (Lipinski definition) is 5. The highest BCUT2D eigenvalue weighted by atomic mass is 32.2. The number of nitrogens with zero attached hydrogens (tertiary/aromatic N) is 2. The van der Waals surface area contributed by atoms with E-state index in [1.54, 1.807) is 9.88 Å². The van der Waals surface area contributed by atoms with E-state index < -0.39 is 22.2 Å². The molecule has 0 unspecified atom stereocenters. The van der Waals surface area contributed by atoms with Gasteiger partial charge in [0.1, 0.15) is 0 Å². The van der Waals surface area contributed by atoms with Crippen molar-refractivity contribution in [2.75, 3.05) is 39.0 Å². The summed E-state index contributed by atoms with van der Waals surface area (Å²) in [5, 5.41) is 20.3. The maximum atomic E-state index is 11.8. The summed E-state index contributed by atoms with van der Waals surface area (Å²) in [5.41, 5.74) is 3.52. The highest BCUT2D eigenvalue weighted by molar-refractivity contribution is 7.88. The van der Waals surface area contributed by atoms with Gasteiger partial charge in [0.2, 0.25) is 10.0 Å². The smallest absolute Gasteiger partial charge is 0.211 e. The maximum Gasteiger partial charge on any atom is 0.211 e. The summed E-state index contributed by atoms with van der Waals surface area (Å²) >= 11 is 0. The number of rotatable bonds is 5. The minimum atomic E-state index is -3.08. The van der Waals surface area contributed by atoms with Crippen molar-refractivity contribution >= 4 is 10.0 Å². The third kappa shape index (κ3) is 5.39. The predicted molar refractivity (Wildman–Crippen MR) is 137 cm³/mol. The lowest BCUT2D eigenvalue weighted by molar-refractivity contribution is 0.0699. The lowest BCUT2D eigenvalue weighted by atomic mass is 9.61. The first-order chi connectivity index (χ1) is 16.0. The Hall–Kier alpha value is -0.990. The van der Waals surface area contributed by atoms with Crippen molar-refractivity contribution < 1.29 is 18.6 Å². The van der Waals surface area contributed by atoms with Crippen molar-refractivity contribution in [1.82, 2.24) is 9.21 Å². The molecule has 7 heteroatoms. The number of sulfonamides is 1. The summed E-state index contributed by atoms with van der Waals surface area (Å²) in [6.07, 6.45) is 11.8. The van der Waals surface area contributed by atoms with E-state index in [4.69, 9.17) is 0 Å². The van der Waals surface area contributed by atoms with Crippen LogP contribution in [0, 0.1) is 23.2 Å². The first kappa shape index (κ1) is 26.1. The molecular formula is C27H44N2O4S. The number of fused-ring (bicyclic) bond motifs is 1. The van der Waals surface area contributed by atoms with Crippen LogP contribution in [0.25, 0.3) is 0 Å². The summed E-state index contributed by atoms with van der Waals surface area (Å²) in [5.74, 6) is 1.89. The fraction of sp³-hybridized carbons (Fsp3) is 0.778. The van der Waals surface area contributed by atoms with Crippen molar-refractivity contribution in [3.05, 3.63) is 35.5 Å². The van der Waals surface area contributed by atoms with E-state index in [9.17, 15) is 18.6 Å². The van der Waals surface area contributed by atoms with E-state index in [0.717, 1.165) is 31.6 Å². The van der Waals surface area contributed by atoms with Gasteiger partial charge in [0, 0.05) is 32.7 Å². The predicted octanol–water partition coefficient (Wildman–Crippen LogP) is 3.34. The number of aliphatic hydroxyl groups excluding tert-OH is 2. The number of allylic oxidation sites excluding steroid dienone is 3. The van der Waals surface area contributed by atoms with Crippen LogP contribution < -0.4 is 0 Å². The van der Waals surface area contributed by atoms with Gasteiger partial charge in [0.25, 0.3) is 0 Å². The number of piperazine rings is 1. The molecule has 6 atom stereocenters. The Morgan fingerprint density at radius 3 is 2.38 bits per heavy atom. The molecule has 4 rings (SSSR count). The van der Waals surface area contributed by atoms with Gasteiger partial charge in [-0.15, -0.1) is 0 Å². The molecule has 0 bridgehead atoms. The third-order valence-corrected chi connectivity index (χ3v) is 10.7. The topological polar surface area (TPSA) is 81.1 Å². The van der Waals surface area contributed by atoms with Crippen molar-refractivity contribution in [3.8, 4) is 0 Å². The Morgan fingerprint density at radius 1 is 1.12 bits per heavy atom. The van der Waals surface area contributed by atoms with Crippen LogP contribution in [0.4, 0.5) is 0 Å². The molecule has 0 radical (unpaired) electrons. The standard InChI is InChI=1S/C27H44N2O4S/c1-19(18-28-12-14-29(15-13-28)34(4,32)33)23-9-10-24-22(6-5-11-27(23,24)3)8-7-21-16-25(30)20(2)26(31)17-21/h7-8,19,23-26,30-31H,2,5-6,9-18H2,1,3-4H3/b21-7?,22-8+/t19-,23-,24+,25-,26+,27-/m1/s1. The molecule has 3 aliphatic carbocycles. The third-order valence-electron chi connectivity index (χ3n) is 9.37. The monoisotopic (exact) mass is 492 g/mol. The summed E-state index contributed by atoms with van der Waals surface area (Å²) in [6, 6.07) is 0. The summed E-state index contributed by atoms with van der Waals surface area (Å²) in [7, 11) is -3.08. The quantitative estimate of drug-likeness (QED) is 0.576. The second-order valence-corrected chi connectivity index (χ2v) is 13.6. The van der Waals surface area contributed by atoms with E-state index in [1.165, 1.54) is 31.9 Å². The maximum absolute atomic E-state index is 11.8. The normalized spacial score (nSPS) is 39.5. The minimum absolute atomic E-state index is 0.316. The Morgan fingerprint density at radius 2 is 1.76 bits per heavy atom. The fourth-order valence-electron chi connectivity index (χ4n) is 7.42. The van der Waals surface area contributed by atoms with Crippen LogP contribution in [0.5, 0.6) is 0 Å². The number of aliphatic hydroxyl groups is 2. The molecule has 0 aromatic heterocycles. The highest BCUT2D eigenvalue weighted by Crippen LogP contribution is 2.59. The Labute approximate surface area is 206 Å². The Kier molecular flexibility index (Phi) is 7.80. The largest absolute Gasteiger partial charge is 0.388 e. The van der Waals surface area contributed by atoms with Crippen molar-refractivity contribution in [2.45, 2.75) is 71.0 Å². The average Bonchev–Trinajstić information content (AvgIpc) is 3.13. The highest BCUT2D eigenvalue weighted by Gasteiger charge is 2.50. The van der Waals surface area contributed by atoms with Crippen LogP contribution >= 0.6 is 0 Å². The molecule has 0 amide bonds. The van der Waals surface area contributed by atoms with Gasteiger partial charge in [-0.25, -0.2) is 8.42 Å². The van der Waals surface area contributed by atoms with Gasteiger partial charge >= 0.3 is 0 Å². The van der Waals surface area contributed by atoms with Crippen LogP contribution in [-0.2, 0) is 10.0 Å². The first-order valence-corrected chi connectivity index (χ1v) is 14.9. The Balaban J connectivity index is 1.40. The van der Waals surface area contributed by atoms with Crippen LogP contribution in [0.2, 0.25) is 0 Å². The Bertz CT molecular complexity index is 918. The van der Waals surface area contributed by atoms with Crippen LogP contribution in [0.3, 0.4) is 0 Å². The van der Waals surface area contributed by atoms with Gasteiger partial charge in [-0.05, 0) is 73.7 Å². The second kappa shape index (κ2) is 10.2. The molecular weight excluding hydrogens is 448 g/mol. The summed E-state index contributed by atoms with van der Waals surface area (Å²) in [4.78, 5) is 2.46. The molecule has 192 valence electrons. The first-order valence-electron chi connectivity index (χ1n) is 13.1. The van der Waals surface area contributed by atoms with Gasteiger partial charge in [-0.1, -0.05) is 43.7 Å². The van der Waals surface area contributed by atoms with Crippen molar-refractivity contribution in [1.29, 1.82) is 0 Å². The van der Waals surface area contributed by atoms with Crippen molar-refractivity contribution in [3.63, 3.8) is 0 Å². The van der Waals surface area contributed by atoms with E-state index in [0.29, 0.717) is 54.7 Å². The molecule has 34 heavy (non-hydrogen) atoms. The van der Waals surface area contributed by atoms with Gasteiger partial charge in [0.05, 0.1) is 18.5 Å². The molecule has 6 nitrogen and oxygen atoms in total. The fourth-order valence-corrected chi connectivity index (χ4v) is 8.24. The lowest BCUT2D eigenvalue weighted by Gasteiger charge is -2.45. The molecule has 2 N–H and O–H groups in total. The number of hydrogen-bond donors (Lipinski definition) is 2. The molecule has 0 aromatic carbocycles. The SMILES string of the molecule is C=C1[C@H](O)CC(=C/C=C2\CCC[C@]3(C)[C@@H]([C@H](C)CN4CCN(S(C)(=O)=O)CC4)CC[C@@H]23)C[C@@H]1O. The zero-order chi connectivity index (χ0) is 24.7. The van der Waals surface area contributed by atoms with Gasteiger partial charge in [-0.3, -0.25) is 0 Å². The van der Waals surface area contributed by atoms with Gasteiger partial charge in [0.15, 0.2) is 0 Å². The van der Waals surface area contributed by atoms with E-state index in [2.05, 4.69) is 37.5 Å². The zero-order valence-electron chi connectivity index (χ0n) is 21.2. The zero-order valence-corrected chi connectivity index (χ0v) is 22.1. The van der Waals surface area contributed by atoms with Gasteiger partial charge in [-0.2, -0.15) is 4.31 Å². The van der Waals surface area contributed by atoms with E-state index >= 15 is 0 Å². The molecule has 3 saturated carbocycles. The average molecular weight is 493 g/mol. The van der Waals surface area contributed by atoms with Gasteiger partial charge < -0.3 is 15.1 Å². The molecule has 4 aliphatic rings. The van der Waals surface area contributed by atoms with Crippen molar-refractivity contribution in [2.24, 2.45) is 23.2 Å². The molecule has 1 saturated heterocycles. The van der Waals surface area contributed by atoms with Crippen LogP contribution in [0.15, 0.2) is 35.5 Å². The second-order valence-electron chi connectivity index (χ2n) is 11.6. The molecule has 0 spiro atoms.